The van der Waals surface area contributed by atoms with Crippen LogP contribution in [0.5, 0.6) is 0 Å². The topological polar surface area (TPSA) is 115 Å². The summed E-state index contributed by atoms with van der Waals surface area (Å²) in [6, 6.07) is 17.7. The zero-order valence-electron chi connectivity index (χ0n) is 21.3. The normalized spacial score (nSPS) is 17.1. The van der Waals surface area contributed by atoms with Crippen molar-refractivity contribution in [1.29, 1.82) is 0 Å². The van der Waals surface area contributed by atoms with Gasteiger partial charge in [-0.3, -0.25) is 14.4 Å². The molecule has 0 radical (unpaired) electrons. The van der Waals surface area contributed by atoms with Gasteiger partial charge in [0.05, 0.1) is 5.69 Å². The number of nitrogens with one attached hydrogen (secondary N) is 4. The lowest BCUT2D eigenvalue weighted by molar-refractivity contribution is -0.128. The minimum absolute atomic E-state index is 0.00432. The van der Waals surface area contributed by atoms with Gasteiger partial charge in [0.1, 0.15) is 0 Å². The van der Waals surface area contributed by atoms with Crippen LogP contribution in [0, 0.1) is 5.41 Å². The van der Waals surface area contributed by atoms with Crippen molar-refractivity contribution in [2.45, 2.75) is 47.2 Å². The smallest absolute Gasteiger partial charge is 0.302 e. The molecule has 1 heterocycles. The van der Waals surface area contributed by atoms with Crippen molar-refractivity contribution < 1.29 is 14.4 Å². The van der Waals surface area contributed by atoms with Crippen LogP contribution in [0.25, 0.3) is 0 Å². The Morgan fingerprint density at radius 3 is 1.94 bits per heavy atom. The van der Waals surface area contributed by atoms with Crippen LogP contribution in [-0.2, 0) is 14.4 Å². The molecular weight excluding hydrogens is 444 g/mol. The Kier molecular flexibility index (Phi) is 9.53. The zero-order chi connectivity index (χ0) is 26.1. The Morgan fingerprint density at radius 1 is 0.943 bits per heavy atom. The van der Waals surface area contributed by atoms with Crippen molar-refractivity contribution in [3.8, 4) is 0 Å². The van der Waals surface area contributed by atoms with Gasteiger partial charge in [-0.2, -0.15) is 5.01 Å². The molecule has 9 nitrogen and oxygen atoms in total. The lowest BCUT2D eigenvalue weighted by Gasteiger charge is -2.32. The average molecular weight is 481 g/mol. The fraction of sp³-hybridized carbons (Fsp3) is 0.385. The summed E-state index contributed by atoms with van der Waals surface area (Å²) in [6.07, 6.45) is 0. The summed E-state index contributed by atoms with van der Waals surface area (Å²) in [5.41, 5.74) is -1.43. The van der Waals surface area contributed by atoms with Crippen molar-refractivity contribution in [3.05, 3.63) is 60.7 Å². The summed E-state index contributed by atoms with van der Waals surface area (Å²) in [6.45, 7) is 12.9. The van der Waals surface area contributed by atoms with Gasteiger partial charge in [-0.05, 0) is 37.4 Å². The van der Waals surface area contributed by atoms with E-state index >= 15 is 0 Å². The van der Waals surface area contributed by atoms with Gasteiger partial charge in [-0.25, -0.2) is 0 Å². The molecule has 3 rings (SSSR count). The highest BCUT2D eigenvalue weighted by Crippen LogP contribution is 2.28. The summed E-state index contributed by atoms with van der Waals surface area (Å²) >= 11 is 0. The van der Waals surface area contributed by atoms with Crippen molar-refractivity contribution in [2.75, 3.05) is 23.4 Å². The number of nitrogens with zero attached hydrogens (tertiary/aromatic N) is 2. The van der Waals surface area contributed by atoms with E-state index in [0.29, 0.717) is 11.4 Å². The van der Waals surface area contributed by atoms with Gasteiger partial charge < -0.3 is 21.3 Å². The van der Waals surface area contributed by atoms with E-state index < -0.39 is 22.9 Å². The largest absolute Gasteiger partial charge is 0.348 e. The number of hydrogen-bond acceptors (Lipinski definition) is 6. The molecule has 1 atom stereocenters. The molecule has 1 aliphatic heterocycles. The van der Waals surface area contributed by atoms with Crippen molar-refractivity contribution >= 4 is 34.9 Å². The number of rotatable bonds is 6. The van der Waals surface area contributed by atoms with Crippen LogP contribution >= 0.6 is 0 Å². The van der Waals surface area contributed by atoms with Crippen molar-refractivity contribution in [3.63, 3.8) is 0 Å². The number of carbonyl (C=O) groups is 3. The number of anilines is 2. The maximum Gasteiger partial charge on any atom is 0.302 e. The fourth-order valence-corrected chi connectivity index (χ4v) is 3.15. The van der Waals surface area contributed by atoms with E-state index in [4.69, 9.17) is 0 Å². The Labute approximate surface area is 207 Å². The lowest BCUT2D eigenvalue weighted by atomic mass is 9.95. The minimum atomic E-state index is -1.77. The molecule has 35 heavy (non-hydrogen) atoms. The number of benzene rings is 2. The van der Waals surface area contributed by atoms with E-state index in [0.717, 1.165) is 13.1 Å². The van der Waals surface area contributed by atoms with Gasteiger partial charge in [0.25, 0.3) is 5.66 Å². The van der Waals surface area contributed by atoms with Crippen LogP contribution in [-0.4, -0.2) is 42.3 Å². The maximum absolute atomic E-state index is 13.6. The third kappa shape index (κ3) is 7.13. The maximum atomic E-state index is 13.6. The number of para-hydroxylation sites is 2. The van der Waals surface area contributed by atoms with Crippen LogP contribution < -0.4 is 26.3 Å². The molecule has 188 valence electrons. The first-order chi connectivity index (χ1) is 16.5. The van der Waals surface area contributed by atoms with Crippen LogP contribution in [0.1, 0.15) is 41.5 Å². The molecular formula is C26H36N6O3. The summed E-state index contributed by atoms with van der Waals surface area (Å²) in [7, 11) is 0. The number of hydrazone groups is 1. The predicted molar refractivity (Wildman–Crippen MR) is 140 cm³/mol. The van der Waals surface area contributed by atoms with E-state index in [1.165, 1.54) is 11.9 Å². The zero-order valence-corrected chi connectivity index (χ0v) is 21.3. The van der Waals surface area contributed by atoms with Gasteiger partial charge in [-0.1, -0.05) is 71.0 Å². The first kappa shape index (κ1) is 27.5. The summed E-state index contributed by atoms with van der Waals surface area (Å²) < 4.78 is 0. The third-order valence-electron chi connectivity index (χ3n) is 4.95. The van der Waals surface area contributed by atoms with E-state index in [1.807, 2.05) is 12.1 Å². The fourth-order valence-electron chi connectivity index (χ4n) is 3.15. The molecule has 0 aromatic heterocycles. The number of amides is 3. The third-order valence-corrected chi connectivity index (χ3v) is 4.95. The molecule has 0 aliphatic carbocycles. The molecule has 0 saturated carbocycles. The Balaban J connectivity index is 0.000000784. The SMILES string of the molecule is CC(=O)NC1(Nc2ccccc2)C(=O)N(c2ccccc2)N=C1NC(=O)C(C)(C)C.CCNCC. The van der Waals surface area contributed by atoms with E-state index in [9.17, 15) is 14.4 Å². The molecule has 9 heteroatoms. The van der Waals surface area contributed by atoms with Gasteiger partial charge in [-0.15, -0.1) is 5.10 Å². The van der Waals surface area contributed by atoms with Crippen LogP contribution in [0.3, 0.4) is 0 Å². The molecule has 2 aromatic rings. The Hall–Kier alpha value is -3.72. The molecule has 0 spiro atoms. The Morgan fingerprint density at radius 2 is 1.49 bits per heavy atom. The molecule has 4 N–H and O–H groups in total. The first-order valence-electron chi connectivity index (χ1n) is 11.7. The second kappa shape index (κ2) is 12.1. The monoisotopic (exact) mass is 480 g/mol. The molecule has 1 unspecified atom stereocenters. The summed E-state index contributed by atoms with van der Waals surface area (Å²) in [5, 5.41) is 17.2. The molecule has 0 saturated heterocycles. The van der Waals surface area contributed by atoms with E-state index in [2.05, 4.69) is 40.2 Å². The highest BCUT2D eigenvalue weighted by Gasteiger charge is 2.54. The molecule has 0 bridgehead atoms. The Bertz CT molecular complexity index is 1030. The number of carbonyl (C=O) groups excluding carboxylic acids is 3. The van der Waals surface area contributed by atoms with E-state index in [1.54, 1.807) is 69.3 Å². The second-order valence-electron chi connectivity index (χ2n) is 8.98. The quantitative estimate of drug-likeness (QED) is 0.475. The van der Waals surface area contributed by atoms with Gasteiger partial charge >= 0.3 is 5.91 Å². The predicted octanol–water partition coefficient (Wildman–Crippen LogP) is 3.07. The molecule has 1 aliphatic rings. The van der Waals surface area contributed by atoms with Crippen molar-refractivity contribution in [2.24, 2.45) is 10.5 Å². The highest BCUT2D eigenvalue weighted by molar-refractivity contribution is 6.27. The minimum Gasteiger partial charge on any atom is -0.348 e. The van der Waals surface area contributed by atoms with Crippen LogP contribution in [0.4, 0.5) is 11.4 Å². The van der Waals surface area contributed by atoms with Crippen LogP contribution in [0.2, 0.25) is 0 Å². The van der Waals surface area contributed by atoms with E-state index in [-0.39, 0.29) is 11.7 Å². The highest BCUT2D eigenvalue weighted by atomic mass is 16.2. The van der Waals surface area contributed by atoms with Crippen LogP contribution in [0.15, 0.2) is 65.8 Å². The molecule has 2 aromatic carbocycles. The molecule has 3 amide bonds. The summed E-state index contributed by atoms with van der Waals surface area (Å²) in [4.78, 5) is 38.4. The lowest BCUT2D eigenvalue weighted by Crippen LogP contribution is -2.68. The van der Waals surface area contributed by atoms with Gasteiger partial charge in [0, 0.05) is 18.0 Å². The first-order valence-corrected chi connectivity index (χ1v) is 11.7. The van der Waals surface area contributed by atoms with Crippen molar-refractivity contribution in [1.82, 2.24) is 16.0 Å². The number of amidine groups is 1. The molecule has 0 fully saturated rings. The number of hydrogen-bond donors (Lipinski definition) is 4. The average Bonchev–Trinajstić information content (AvgIpc) is 3.06. The summed E-state index contributed by atoms with van der Waals surface area (Å²) in [5.74, 6) is -1.35. The second-order valence-corrected chi connectivity index (χ2v) is 8.98. The van der Waals surface area contributed by atoms with Gasteiger partial charge in [0.2, 0.25) is 11.8 Å². The standard InChI is InChI=1S/C22H25N5O3.C4H11N/c1-15(28)24-22(25-16-11-7-5-8-12-16)18(23-19(29)21(2,3)4)26-27(20(22)30)17-13-9-6-10-14-17;1-3-5-4-2/h5-14,25H,1-4H3,(H,24,28)(H,23,26,29);5H,3-4H2,1-2H3. The van der Waals surface area contributed by atoms with Gasteiger partial charge in [0.15, 0.2) is 5.84 Å².